The predicted octanol–water partition coefficient (Wildman–Crippen LogP) is 5.79. The van der Waals surface area contributed by atoms with Crippen molar-refractivity contribution in [2.45, 2.75) is 40.9 Å². The number of aromatic carboxylic acids is 1. The van der Waals surface area contributed by atoms with Gasteiger partial charge in [-0.25, -0.2) is 18.9 Å². The summed E-state index contributed by atoms with van der Waals surface area (Å²) in [6.07, 6.45) is 1.90. The van der Waals surface area contributed by atoms with Gasteiger partial charge < -0.3 is 19.3 Å². The van der Waals surface area contributed by atoms with Crippen molar-refractivity contribution >= 4 is 75.7 Å². The van der Waals surface area contributed by atoms with Gasteiger partial charge in [0.2, 0.25) is 16.6 Å². The summed E-state index contributed by atoms with van der Waals surface area (Å²) in [5, 5.41) is 9.89. The van der Waals surface area contributed by atoms with Crippen LogP contribution in [0.1, 0.15) is 23.2 Å². The number of carboxylic acid groups (broad SMARTS) is 1. The SMILES string of the molecule is COC(=O)CSc1cc(/N=c2\sc(=O)n3n2CCCC3)c(F)cc1Cl.COc1cc(OC)nc(Sc2cccc(Cl)c2C(=O)O)n1. The molecule has 244 valence electrons. The first-order valence-corrected chi connectivity index (χ1v) is 16.6. The van der Waals surface area contributed by atoms with Crippen LogP contribution in [0.2, 0.25) is 10.0 Å². The van der Waals surface area contributed by atoms with E-state index in [1.54, 1.807) is 21.5 Å². The minimum Gasteiger partial charge on any atom is -0.481 e. The van der Waals surface area contributed by atoms with Gasteiger partial charge in [0.25, 0.3) is 0 Å². The summed E-state index contributed by atoms with van der Waals surface area (Å²) >= 11 is 15.2. The van der Waals surface area contributed by atoms with E-state index in [0.29, 0.717) is 44.6 Å². The summed E-state index contributed by atoms with van der Waals surface area (Å²) in [7, 11) is 4.24. The molecule has 0 amide bonds. The third-order valence-electron chi connectivity index (χ3n) is 6.15. The van der Waals surface area contributed by atoms with Crippen molar-refractivity contribution in [3.63, 3.8) is 0 Å². The Hall–Kier alpha value is -3.57. The third kappa shape index (κ3) is 8.82. The van der Waals surface area contributed by atoms with Crippen molar-refractivity contribution in [1.29, 1.82) is 0 Å². The molecule has 0 saturated carbocycles. The van der Waals surface area contributed by atoms with Crippen LogP contribution >= 0.6 is 58.1 Å². The molecule has 46 heavy (non-hydrogen) atoms. The van der Waals surface area contributed by atoms with E-state index in [1.807, 2.05) is 0 Å². The fourth-order valence-corrected chi connectivity index (χ4v) is 7.18. The molecule has 0 radical (unpaired) electrons. The summed E-state index contributed by atoms with van der Waals surface area (Å²) in [5.41, 5.74) is 0.0917. The van der Waals surface area contributed by atoms with Crippen molar-refractivity contribution in [1.82, 2.24) is 19.3 Å². The Bertz CT molecular complexity index is 1860. The maximum atomic E-state index is 14.3. The van der Waals surface area contributed by atoms with Gasteiger partial charge in [-0.3, -0.25) is 14.3 Å². The molecule has 1 aliphatic rings. The number of thioether (sulfide) groups is 1. The standard InChI is InChI=1S/C15H15ClFN3O3S2.C13H11ClN2O4S/c1-23-13(21)8-24-12-7-11(10(17)6-9(12)16)18-14-19-4-2-3-5-20(19)15(22)25-14;1-19-9-6-10(20-2)16-13(15-9)21-8-5-3-4-7(14)11(8)12(17)18/h6-7H,2-5,8H2,1H3;3-6H,1-2H3,(H,17,18)/b18-14-;. The molecule has 0 unspecified atom stereocenters. The van der Waals surface area contributed by atoms with E-state index in [1.165, 1.54) is 39.5 Å². The molecule has 18 heteroatoms. The molecule has 4 aromatic rings. The summed E-state index contributed by atoms with van der Waals surface area (Å²) < 4.78 is 32.4. The topological polar surface area (TPSA) is 147 Å². The lowest BCUT2D eigenvalue weighted by molar-refractivity contribution is -0.137. The molecule has 5 rings (SSSR count). The number of fused-ring (bicyclic) bond motifs is 1. The van der Waals surface area contributed by atoms with Crippen LogP contribution in [0.25, 0.3) is 0 Å². The highest BCUT2D eigenvalue weighted by Crippen LogP contribution is 2.34. The van der Waals surface area contributed by atoms with Gasteiger partial charge in [-0.05, 0) is 60.2 Å². The molecule has 0 fully saturated rings. The van der Waals surface area contributed by atoms with E-state index in [4.69, 9.17) is 32.7 Å². The molecule has 2 aromatic heterocycles. The molecule has 12 nitrogen and oxygen atoms in total. The summed E-state index contributed by atoms with van der Waals surface area (Å²) in [6.45, 7) is 1.32. The van der Waals surface area contributed by atoms with Crippen molar-refractivity contribution < 1.29 is 33.3 Å². The number of carboxylic acids is 1. The third-order valence-corrected chi connectivity index (χ3v) is 9.71. The van der Waals surface area contributed by atoms with Crippen molar-refractivity contribution in [3.8, 4) is 11.8 Å². The Morgan fingerprint density at radius 2 is 1.70 bits per heavy atom. The second kappa shape index (κ2) is 16.3. The van der Waals surface area contributed by atoms with E-state index in [0.717, 1.165) is 53.8 Å². The van der Waals surface area contributed by atoms with E-state index in [2.05, 4.69) is 19.7 Å². The second-order valence-electron chi connectivity index (χ2n) is 9.07. The highest BCUT2D eigenvalue weighted by atomic mass is 35.5. The first kappa shape index (κ1) is 35.3. The van der Waals surface area contributed by atoms with Crippen LogP contribution in [0.3, 0.4) is 0 Å². The van der Waals surface area contributed by atoms with Crippen LogP contribution < -0.4 is 19.1 Å². The van der Waals surface area contributed by atoms with Crippen LogP contribution in [0.15, 0.2) is 61.1 Å². The lowest BCUT2D eigenvalue weighted by Crippen LogP contribution is -2.31. The maximum Gasteiger partial charge on any atom is 0.338 e. The average Bonchev–Trinajstić information content (AvgIpc) is 3.36. The molecule has 0 spiro atoms. The minimum absolute atomic E-state index is 0.00885. The molecule has 0 saturated heterocycles. The number of carbonyl (C=O) groups is 2. The number of rotatable bonds is 9. The maximum absolute atomic E-state index is 14.3. The number of carbonyl (C=O) groups excluding carboxylic acids is 1. The van der Waals surface area contributed by atoms with Crippen LogP contribution in [-0.4, -0.2) is 63.5 Å². The van der Waals surface area contributed by atoms with Crippen LogP contribution in [0, 0.1) is 5.82 Å². The number of methoxy groups -OCH3 is 3. The zero-order valence-electron chi connectivity index (χ0n) is 24.5. The van der Waals surface area contributed by atoms with Gasteiger partial charge in [0.1, 0.15) is 11.5 Å². The lowest BCUT2D eigenvalue weighted by Gasteiger charge is -2.15. The number of ether oxygens (including phenoxy) is 3. The molecule has 2 aromatic carbocycles. The largest absolute Gasteiger partial charge is 0.481 e. The number of esters is 1. The Balaban J connectivity index is 0.000000212. The molecular weight excluding hydrogens is 704 g/mol. The number of aromatic nitrogens is 4. The average molecular weight is 731 g/mol. The molecule has 1 aliphatic heterocycles. The van der Waals surface area contributed by atoms with Gasteiger partial charge in [-0.15, -0.1) is 11.8 Å². The smallest absolute Gasteiger partial charge is 0.338 e. The van der Waals surface area contributed by atoms with Gasteiger partial charge in [-0.1, -0.05) is 29.3 Å². The molecule has 0 atom stereocenters. The van der Waals surface area contributed by atoms with Gasteiger partial charge >= 0.3 is 16.8 Å². The first-order chi connectivity index (χ1) is 22.0. The van der Waals surface area contributed by atoms with Gasteiger partial charge in [0.05, 0.1) is 48.8 Å². The van der Waals surface area contributed by atoms with E-state index >= 15 is 0 Å². The molecular formula is C28H26Cl2FN5O7S3. The molecule has 3 heterocycles. The van der Waals surface area contributed by atoms with E-state index in [9.17, 15) is 23.9 Å². The fourth-order valence-electron chi connectivity index (χ4n) is 3.96. The summed E-state index contributed by atoms with van der Waals surface area (Å²) in [6, 6.07) is 8.98. The Labute approximate surface area is 284 Å². The van der Waals surface area contributed by atoms with Crippen molar-refractivity contribution in [3.05, 3.63) is 72.3 Å². The van der Waals surface area contributed by atoms with Crippen molar-refractivity contribution in [2.24, 2.45) is 4.99 Å². The van der Waals surface area contributed by atoms with Crippen molar-refractivity contribution in [2.75, 3.05) is 27.1 Å². The second-order valence-corrected chi connectivity index (χ2v) is 12.8. The zero-order chi connectivity index (χ0) is 33.4. The molecule has 0 aliphatic carbocycles. The van der Waals surface area contributed by atoms with Crippen LogP contribution in [0.5, 0.6) is 11.8 Å². The number of nitrogens with zero attached hydrogens (tertiary/aromatic N) is 5. The van der Waals surface area contributed by atoms with Gasteiger partial charge in [-0.2, -0.15) is 9.97 Å². The molecule has 0 bridgehead atoms. The summed E-state index contributed by atoms with van der Waals surface area (Å²) in [5.74, 6) is -1.39. The number of halogens is 3. The van der Waals surface area contributed by atoms with Gasteiger partial charge in [0, 0.05) is 22.9 Å². The van der Waals surface area contributed by atoms with E-state index < -0.39 is 17.8 Å². The fraction of sp³-hybridized carbons (Fsp3) is 0.286. The summed E-state index contributed by atoms with van der Waals surface area (Å²) in [4.78, 5) is 48.5. The first-order valence-electron chi connectivity index (χ1n) is 13.3. The quantitative estimate of drug-likeness (QED) is 0.127. The molecule has 1 N–H and O–H groups in total. The number of hydrogen-bond donors (Lipinski definition) is 1. The highest BCUT2D eigenvalue weighted by molar-refractivity contribution is 8.00. The van der Waals surface area contributed by atoms with Crippen LogP contribution in [-0.2, 0) is 22.6 Å². The highest BCUT2D eigenvalue weighted by Gasteiger charge is 2.18. The van der Waals surface area contributed by atoms with E-state index in [-0.39, 0.29) is 31.9 Å². The normalized spacial score (nSPS) is 12.5. The Morgan fingerprint density at radius 1 is 1.02 bits per heavy atom. The number of hydrogen-bond acceptors (Lipinski definition) is 12. The minimum atomic E-state index is -1.11. The number of benzene rings is 2. The lowest BCUT2D eigenvalue weighted by atomic mass is 10.2. The monoisotopic (exact) mass is 729 g/mol. The van der Waals surface area contributed by atoms with Crippen LogP contribution in [0.4, 0.5) is 10.1 Å². The van der Waals surface area contributed by atoms with Gasteiger partial charge in [0.15, 0.2) is 5.16 Å². The predicted molar refractivity (Wildman–Crippen MR) is 173 cm³/mol. The Morgan fingerprint density at radius 3 is 2.33 bits per heavy atom. The Kier molecular flexibility index (Phi) is 12.5. The zero-order valence-corrected chi connectivity index (χ0v) is 28.5.